The largest absolute Gasteiger partial charge is 0.247 e. The summed E-state index contributed by atoms with van der Waals surface area (Å²) in [6.07, 6.45) is 0. The Morgan fingerprint density at radius 1 is 0.463 bits per heavy atom. The molecular weight excluding hydrogens is 518 g/mol. The van der Waals surface area contributed by atoms with Crippen LogP contribution < -0.4 is 0 Å². The van der Waals surface area contributed by atoms with Crippen LogP contribution in [-0.2, 0) is 0 Å². The number of benzene rings is 5. The number of nitrogens with zero attached hydrogens (tertiary/aromatic N) is 3. The molecule has 0 saturated heterocycles. The Kier molecular flexibility index (Phi) is 5.64. The Bertz CT molecular complexity index is 2130. The van der Waals surface area contributed by atoms with Gasteiger partial charge in [-0.15, -0.1) is 11.3 Å². The third kappa shape index (κ3) is 4.08. The predicted octanol–water partition coefficient (Wildman–Crippen LogP) is 10.1. The molecule has 3 aromatic heterocycles. The van der Waals surface area contributed by atoms with E-state index in [0.29, 0.717) is 5.82 Å². The first-order valence-corrected chi connectivity index (χ1v) is 14.4. The molecule has 0 bridgehead atoms. The van der Waals surface area contributed by atoms with Crippen molar-refractivity contribution in [1.82, 2.24) is 15.0 Å². The van der Waals surface area contributed by atoms with Crippen molar-refractivity contribution >= 4 is 42.4 Å². The molecule has 0 aliphatic carbocycles. The zero-order valence-electron chi connectivity index (χ0n) is 22.0. The molecule has 8 aromatic rings. The van der Waals surface area contributed by atoms with Crippen LogP contribution in [0.15, 0.2) is 140 Å². The summed E-state index contributed by atoms with van der Waals surface area (Å²) in [4.78, 5) is 15.5. The van der Waals surface area contributed by atoms with Crippen LogP contribution in [0.1, 0.15) is 0 Å². The maximum absolute atomic E-state index is 5.31. The van der Waals surface area contributed by atoms with Crippen molar-refractivity contribution in [3.05, 3.63) is 140 Å². The smallest absolute Gasteiger partial charge is 0.160 e. The highest BCUT2D eigenvalue weighted by atomic mass is 32.1. The van der Waals surface area contributed by atoms with Crippen molar-refractivity contribution in [2.45, 2.75) is 0 Å². The number of rotatable bonds is 4. The molecule has 0 spiro atoms. The first-order valence-electron chi connectivity index (χ1n) is 13.6. The van der Waals surface area contributed by atoms with E-state index in [1.54, 1.807) is 0 Å². The fourth-order valence-corrected chi connectivity index (χ4v) is 6.85. The second-order valence-corrected chi connectivity index (χ2v) is 11.1. The molecule has 0 atom stereocenters. The second kappa shape index (κ2) is 9.77. The highest BCUT2D eigenvalue weighted by molar-refractivity contribution is 7.26. The van der Waals surface area contributed by atoms with Gasteiger partial charge in [0.1, 0.15) is 0 Å². The minimum absolute atomic E-state index is 0.709. The normalized spacial score (nSPS) is 11.4. The van der Waals surface area contributed by atoms with E-state index in [2.05, 4.69) is 103 Å². The molecule has 4 heteroatoms. The summed E-state index contributed by atoms with van der Waals surface area (Å²) in [5.74, 6) is 0.709. The third-order valence-corrected chi connectivity index (χ3v) is 8.67. The predicted molar refractivity (Wildman–Crippen MR) is 172 cm³/mol. The van der Waals surface area contributed by atoms with Gasteiger partial charge < -0.3 is 0 Å². The lowest BCUT2D eigenvalue weighted by Gasteiger charge is -2.13. The lowest BCUT2D eigenvalue weighted by molar-refractivity contribution is 1.18. The van der Waals surface area contributed by atoms with Gasteiger partial charge in [0, 0.05) is 47.8 Å². The quantitative estimate of drug-likeness (QED) is 0.222. The minimum atomic E-state index is 0.709. The molecular formula is C37H23N3S. The average Bonchev–Trinajstić information content (AvgIpc) is 3.45. The van der Waals surface area contributed by atoms with Gasteiger partial charge in [0.15, 0.2) is 5.82 Å². The molecule has 0 unspecified atom stereocenters. The topological polar surface area (TPSA) is 38.7 Å². The number of thiophene rings is 1. The molecule has 8 rings (SSSR count). The Hall–Kier alpha value is -5.19. The minimum Gasteiger partial charge on any atom is -0.247 e. The Labute approximate surface area is 241 Å². The summed E-state index contributed by atoms with van der Waals surface area (Å²) in [5, 5.41) is 3.55. The third-order valence-electron chi connectivity index (χ3n) is 7.48. The van der Waals surface area contributed by atoms with E-state index < -0.39 is 0 Å². The van der Waals surface area contributed by atoms with Crippen LogP contribution in [0.2, 0.25) is 0 Å². The number of aromatic nitrogens is 3. The summed E-state index contributed by atoms with van der Waals surface area (Å²) in [6, 6.07) is 48.2. The van der Waals surface area contributed by atoms with Gasteiger partial charge in [-0.2, -0.15) is 0 Å². The number of hydrogen-bond donors (Lipinski definition) is 0. The highest BCUT2D eigenvalue weighted by Gasteiger charge is 2.20. The molecule has 192 valence electrons. The van der Waals surface area contributed by atoms with Crippen LogP contribution in [0.5, 0.6) is 0 Å². The lowest BCUT2D eigenvalue weighted by atomic mass is 9.98. The van der Waals surface area contributed by atoms with Gasteiger partial charge in [-0.25, -0.2) is 15.0 Å². The number of hydrogen-bond acceptors (Lipinski definition) is 4. The SMILES string of the molecule is c1ccc(-c2cc(-c3cccc4nc(-c5ccccc5)c5c6ccccc6sc5c34)nc(-c3ccccc3)n2)cc1. The maximum Gasteiger partial charge on any atom is 0.160 e. The van der Waals surface area contributed by atoms with Gasteiger partial charge in [0.05, 0.1) is 22.6 Å². The van der Waals surface area contributed by atoms with E-state index in [9.17, 15) is 0 Å². The van der Waals surface area contributed by atoms with Crippen LogP contribution in [-0.4, -0.2) is 15.0 Å². The molecule has 0 radical (unpaired) electrons. The standard InChI is InChI=1S/C37H23N3S/c1-4-13-24(14-5-1)30-23-31(40-37(39-30)26-17-8-3-9-18-26)27-20-12-21-29-33(27)36-34(28-19-10-11-22-32(28)41-36)35(38-29)25-15-6-2-7-16-25/h1-23H. The van der Waals surface area contributed by atoms with Crippen LogP contribution in [0.25, 0.3) is 76.2 Å². The van der Waals surface area contributed by atoms with Gasteiger partial charge in [0.25, 0.3) is 0 Å². The maximum atomic E-state index is 5.31. The molecule has 41 heavy (non-hydrogen) atoms. The Morgan fingerprint density at radius 2 is 1.10 bits per heavy atom. The first kappa shape index (κ1) is 23.7. The molecule has 5 aromatic carbocycles. The molecule has 0 fully saturated rings. The van der Waals surface area contributed by atoms with E-state index in [0.717, 1.165) is 50.2 Å². The van der Waals surface area contributed by atoms with Crippen molar-refractivity contribution in [2.75, 3.05) is 0 Å². The van der Waals surface area contributed by atoms with Crippen LogP contribution in [0.4, 0.5) is 0 Å². The van der Waals surface area contributed by atoms with Gasteiger partial charge in [-0.1, -0.05) is 121 Å². The summed E-state index contributed by atoms with van der Waals surface area (Å²) in [6.45, 7) is 0. The molecule has 3 heterocycles. The van der Waals surface area contributed by atoms with Crippen LogP contribution in [0.3, 0.4) is 0 Å². The van der Waals surface area contributed by atoms with E-state index in [4.69, 9.17) is 15.0 Å². The van der Waals surface area contributed by atoms with Crippen LogP contribution >= 0.6 is 11.3 Å². The lowest BCUT2D eigenvalue weighted by Crippen LogP contribution is -1.97. The van der Waals surface area contributed by atoms with Gasteiger partial charge in [-0.3, -0.25) is 0 Å². The molecule has 0 saturated carbocycles. The zero-order valence-corrected chi connectivity index (χ0v) is 22.8. The van der Waals surface area contributed by atoms with Crippen LogP contribution in [0, 0.1) is 0 Å². The Morgan fingerprint density at radius 3 is 1.85 bits per heavy atom. The number of pyridine rings is 1. The van der Waals surface area contributed by atoms with Gasteiger partial charge in [0.2, 0.25) is 0 Å². The van der Waals surface area contributed by atoms with Gasteiger partial charge in [-0.05, 0) is 18.2 Å². The fraction of sp³-hybridized carbons (Fsp3) is 0. The van der Waals surface area contributed by atoms with Crippen molar-refractivity contribution in [1.29, 1.82) is 0 Å². The van der Waals surface area contributed by atoms with Crippen molar-refractivity contribution < 1.29 is 0 Å². The van der Waals surface area contributed by atoms with E-state index in [-0.39, 0.29) is 0 Å². The first-order chi connectivity index (χ1) is 20.3. The molecule has 0 aliphatic heterocycles. The second-order valence-electron chi connectivity index (χ2n) is 10.0. The number of fused-ring (bicyclic) bond motifs is 5. The van der Waals surface area contributed by atoms with Crippen molar-refractivity contribution in [3.63, 3.8) is 0 Å². The van der Waals surface area contributed by atoms with E-state index in [1.165, 1.54) is 20.2 Å². The average molecular weight is 542 g/mol. The monoisotopic (exact) mass is 541 g/mol. The Balaban J connectivity index is 1.47. The summed E-state index contributed by atoms with van der Waals surface area (Å²) < 4.78 is 2.48. The summed E-state index contributed by atoms with van der Waals surface area (Å²) in [7, 11) is 0. The molecule has 3 nitrogen and oxygen atoms in total. The molecule has 0 N–H and O–H groups in total. The van der Waals surface area contributed by atoms with E-state index >= 15 is 0 Å². The zero-order chi connectivity index (χ0) is 27.2. The summed E-state index contributed by atoms with van der Waals surface area (Å²) in [5.41, 5.74) is 7.98. The van der Waals surface area contributed by atoms with Gasteiger partial charge >= 0.3 is 0 Å². The highest BCUT2D eigenvalue weighted by Crippen LogP contribution is 2.45. The fourth-order valence-electron chi connectivity index (χ4n) is 5.58. The molecule has 0 aliphatic rings. The van der Waals surface area contributed by atoms with Crippen molar-refractivity contribution in [2.24, 2.45) is 0 Å². The molecule has 0 amide bonds. The van der Waals surface area contributed by atoms with Crippen molar-refractivity contribution in [3.8, 4) is 45.2 Å². The summed E-state index contributed by atoms with van der Waals surface area (Å²) >= 11 is 1.83. The van der Waals surface area contributed by atoms with E-state index in [1.807, 2.05) is 47.7 Å².